The highest BCUT2D eigenvalue weighted by molar-refractivity contribution is 7.91. The topological polar surface area (TPSA) is 76.6 Å². The summed E-state index contributed by atoms with van der Waals surface area (Å²) in [5, 5.41) is 1.89. The second-order valence-electron chi connectivity index (χ2n) is 4.19. The number of methoxy groups -OCH3 is 1. The Bertz CT molecular complexity index is 722. The van der Waals surface area contributed by atoms with Gasteiger partial charge in [-0.2, -0.15) is 4.31 Å². The van der Waals surface area contributed by atoms with Crippen LogP contribution in [0.15, 0.2) is 27.2 Å². The summed E-state index contributed by atoms with van der Waals surface area (Å²) in [5.41, 5.74) is 1.15. The van der Waals surface area contributed by atoms with Crippen molar-refractivity contribution in [3.05, 3.63) is 33.6 Å². The van der Waals surface area contributed by atoms with Gasteiger partial charge in [-0.25, -0.2) is 18.2 Å². The second-order valence-corrected chi connectivity index (χ2v) is 8.22. The first-order chi connectivity index (χ1) is 9.89. The molecule has 0 aromatic carbocycles. The predicted molar refractivity (Wildman–Crippen MR) is 81.1 cm³/mol. The molecule has 0 N–H and O–H groups in total. The molecule has 0 aliphatic heterocycles. The number of rotatable bonds is 5. The minimum atomic E-state index is -3.81. The van der Waals surface area contributed by atoms with Crippen LogP contribution in [0.3, 0.4) is 0 Å². The van der Waals surface area contributed by atoms with Crippen LogP contribution >= 0.6 is 22.7 Å². The molecule has 0 saturated heterocycles. The molecule has 0 fully saturated rings. The van der Waals surface area contributed by atoms with Crippen molar-refractivity contribution in [2.24, 2.45) is 0 Å². The van der Waals surface area contributed by atoms with Crippen molar-refractivity contribution in [1.29, 1.82) is 0 Å². The Morgan fingerprint density at radius 1 is 1.43 bits per heavy atom. The molecule has 0 aliphatic rings. The zero-order valence-corrected chi connectivity index (χ0v) is 14.1. The third-order valence-electron chi connectivity index (χ3n) is 3.03. The number of sulfonamides is 1. The fourth-order valence-corrected chi connectivity index (χ4v) is 5.23. The zero-order chi connectivity index (χ0) is 15.6. The number of ether oxygens (including phenoxy) is 1. The summed E-state index contributed by atoms with van der Waals surface area (Å²) in [6, 6.07) is 3.40. The average molecular weight is 346 g/mol. The number of hydrogen-bond acceptors (Lipinski definition) is 7. The number of nitrogens with zero attached hydrogens (tertiary/aromatic N) is 2. The molecule has 2 heterocycles. The second kappa shape index (κ2) is 6.22. The molecule has 0 aliphatic carbocycles. The lowest BCUT2D eigenvalue weighted by Crippen LogP contribution is -2.30. The molecule has 21 heavy (non-hydrogen) atoms. The Hall–Kier alpha value is -1.29. The summed E-state index contributed by atoms with van der Waals surface area (Å²) >= 11 is 2.38. The SMILES string of the molecule is COC(=O)c1ncsc1S(=O)(=O)N(C)C(C)c1cccs1. The van der Waals surface area contributed by atoms with Crippen LogP contribution in [-0.4, -0.2) is 37.8 Å². The zero-order valence-electron chi connectivity index (χ0n) is 11.6. The van der Waals surface area contributed by atoms with Crippen molar-refractivity contribution in [2.45, 2.75) is 17.2 Å². The maximum Gasteiger partial charge on any atom is 0.358 e. The van der Waals surface area contributed by atoms with Crippen molar-refractivity contribution < 1.29 is 17.9 Å². The van der Waals surface area contributed by atoms with Crippen molar-refractivity contribution in [2.75, 3.05) is 14.2 Å². The molecule has 0 radical (unpaired) electrons. The van der Waals surface area contributed by atoms with Gasteiger partial charge in [0.1, 0.15) is 0 Å². The lowest BCUT2D eigenvalue weighted by molar-refractivity contribution is 0.0590. The predicted octanol–water partition coefficient (Wildman–Crippen LogP) is 2.37. The van der Waals surface area contributed by atoms with Crippen LogP contribution in [0.4, 0.5) is 0 Å². The highest BCUT2D eigenvalue weighted by Gasteiger charge is 2.33. The third-order valence-corrected chi connectivity index (χ3v) is 7.35. The van der Waals surface area contributed by atoms with Gasteiger partial charge in [0.05, 0.1) is 18.7 Å². The van der Waals surface area contributed by atoms with Gasteiger partial charge in [0.2, 0.25) is 0 Å². The summed E-state index contributed by atoms with van der Waals surface area (Å²) in [4.78, 5) is 16.3. The van der Waals surface area contributed by atoms with E-state index in [1.165, 1.54) is 35.3 Å². The van der Waals surface area contributed by atoms with Crippen molar-refractivity contribution in [1.82, 2.24) is 9.29 Å². The number of thiophene rings is 1. The van der Waals surface area contributed by atoms with Crippen LogP contribution in [0.5, 0.6) is 0 Å². The Kier molecular flexibility index (Phi) is 4.77. The fourth-order valence-electron chi connectivity index (χ4n) is 1.70. The molecule has 2 aromatic heterocycles. The van der Waals surface area contributed by atoms with Gasteiger partial charge in [0.15, 0.2) is 9.90 Å². The Morgan fingerprint density at radius 2 is 2.14 bits per heavy atom. The van der Waals surface area contributed by atoms with Crippen LogP contribution in [-0.2, 0) is 14.8 Å². The Labute approximate surface area is 131 Å². The van der Waals surface area contributed by atoms with Crippen molar-refractivity contribution >= 4 is 38.7 Å². The number of hydrogen-bond donors (Lipinski definition) is 0. The highest BCUT2D eigenvalue weighted by Crippen LogP contribution is 2.31. The minimum Gasteiger partial charge on any atom is -0.464 e. The summed E-state index contributed by atoms with van der Waals surface area (Å²) in [5.74, 6) is -0.757. The summed E-state index contributed by atoms with van der Waals surface area (Å²) in [6.45, 7) is 1.79. The molecule has 9 heteroatoms. The van der Waals surface area contributed by atoms with Crippen LogP contribution < -0.4 is 0 Å². The average Bonchev–Trinajstić information content (AvgIpc) is 3.15. The summed E-state index contributed by atoms with van der Waals surface area (Å²) < 4.78 is 31.0. The lowest BCUT2D eigenvalue weighted by Gasteiger charge is -2.22. The Balaban J connectivity index is 2.38. The number of aromatic nitrogens is 1. The first-order valence-corrected chi connectivity index (χ1v) is 9.12. The van der Waals surface area contributed by atoms with Gasteiger partial charge in [-0.1, -0.05) is 6.07 Å². The van der Waals surface area contributed by atoms with Gasteiger partial charge in [0.25, 0.3) is 10.0 Å². The van der Waals surface area contributed by atoms with Gasteiger partial charge in [0, 0.05) is 11.9 Å². The first kappa shape index (κ1) is 16.1. The number of thiazole rings is 1. The third kappa shape index (κ3) is 3.00. The van der Waals surface area contributed by atoms with Gasteiger partial charge in [-0.15, -0.1) is 22.7 Å². The largest absolute Gasteiger partial charge is 0.464 e. The van der Waals surface area contributed by atoms with Crippen LogP contribution in [0, 0.1) is 0 Å². The summed E-state index contributed by atoms with van der Waals surface area (Å²) in [7, 11) is -1.13. The molecule has 1 atom stereocenters. The molecule has 0 saturated carbocycles. The van der Waals surface area contributed by atoms with E-state index in [2.05, 4.69) is 9.72 Å². The van der Waals surface area contributed by atoms with Gasteiger partial charge < -0.3 is 4.74 Å². The maximum absolute atomic E-state index is 12.7. The maximum atomic E-state index is 12.7. The smallest absolute Gasteiger partial charge is 0.358 e. The quantitative estimate of drug-likeness (QED) is 0.777. The standard InChI is InChI=1S/C12H14N2O4S3/c1-8(9-5-4-6-19-9)14(2)21(16,17)12-10(11(15)18-3)13-7-20-12/h4-8H,1-3H3. The number of esters is 1. The van der Waals surface area contributed by atoms with Crippen LogP contribution in [0.2, 0.25) is 0 Å². The molecule has 114 valence electrons. The highest BCUT2D eigenvalue weighted by atomic mass is 32.2. The monoisotopic (exact) mass is 346 g/mol. The lowest BCUT2D eigenvalue weighted by atomic mass is 10.3. The van der Waals surface area contributed by atoms with Crippen LogP contribution in [0.25, 0.3) is 0 Å². The molecular weight excluding hydrogens is 332 g/mol. The molecule has 0 amide bonds. The van der Waals surface area contributed by atoms with E-state index in [-0.39, 0.29) is 15.9 Å². The fraction of sp³-hybridized carbons (Fsp3) is 0.333. The van der Waals surface area contributed by atoms with Gasteiger partial charge in [-0.05, 0) is 18.4 Å². The van der Waals surface area contributed by atoms with Gasteiger partial charge in [-0.3, -0.25) is 0 Å². The van der Waals surface area contributed by atoms with E-state index >= 15 is 0 Å². The number of carbonyl (C=O) groups excluding carboxylic acids is 1. The summed E-state index contributed by atoms with van der Waals surface area (Å²) in [6.07, 6.45) is 0. The number of carbonyl (C=O) groups is 1. The van der Waals surface area contributed by atoms with E-state index in [1.54, 1.807) is 6.92 Å². The molecule has 6 nitrogen and oxygen atoms in total. The molecular formula is C12H14N2O4S3. The first-order valence-electron chi connectivity index (χ1n) is 5.92. The van der Waals surface area contributed by atoms with E-state index in [9.17, 15) is 13.2 Å². The minimum absolute atomic E-state index is 0.0970. The normalized spacial score (nSPS) is 13.3. The molecule has 0 bridgehead atoms. The molecule has 0 spiro atoms. The van der Waals surface area contributed by atoms with Crippen molar-refractivity contribution in [3.8, 4) is 0 Å². The van der Waals surface area contributed by atoms with Gasteiger partial charge >= 0.3 is 5.97 Å². The van der Waals surface area contributed by atoms with Crippen LogP contribution in [0.1, 0.15) is 28.3 Å². The van der Waals surface area contributed by atoms with E-state index < -0.39 is 16.0 Å². The van der Waals surface area contributed by atoms with E-state index in [1.807, 2.05) is 17.5 Å². The Morgan fingerprint density at radius 3 is 2.71 bits per heavy atom. The molecule has 2 rings (SSSR count). The van der Waals surface area contributed by atoms with E-state index in [0.717, 1.165) is 16.2 Å². The molecule has 1 unspecified atom stereocenters. The molecule has 2 aromatic rings. The van der Waals surface area contributed by atoms with E-state index in [0.29, 0.717) is 0 Å². The van der Waals surface area contributed by atoms with Crippen molar-refractivity contribution in [3.63, 3.8) is 0 Å². The van der Waals surface area contributed by atoms with E-state index in [4.69, 9.17) is 0 Å².